The predicted octanol–water partition coefficient (Wildman–Crippen LogP) is 4.47. The van der Waals surface area contributed by atoms with Crippen LogP contribution in [0.25, 0.3) is 33.2 Å². The van der Waals surface area contributed by atoms with E-state index in [1.165, 1.54) is 5.39 Å². The average molecular weight is 253 g/mol. The maximum atomic E-state index is 6.01. The Kier molecular flexibility index (Phi) is 1.91. The molecule has 0 saturated carbocycles. The third-order valence-corrected chi connectivity index (χ3v) is 3.48. The number of nitrogens with zero attached hydrogens (tertiary/aromatic N) is 1. The van der Waals surface area contributed by atoms with Gasteiger partial charge >= 0.3 is 0 Å². The van der Waals surface area contributed by atoms with Crippen molar-refractivity contribution < 1.29 is 0 Å². The van der Waals surface area contributed by atoms with E-state index in [0.717, 1.165) is 32.8 Å². The van der Waals surface area contributed by atoms with E-state index in [2.05, 4.69) is 22.1 Å². The molecule has 4 rings (SSSR count). The van der Waals surface area contributed by atoms with Crippen LogP contribution in [-0.4, -0.2) is 9.97 Å². The summed E-state index contributed by atoms with van der Waals surface area (Å²) in [4.78, 5) is 7.94. The summed E-state index contributed by atoms with van der Waals surface area (Å²) < 4.78 is 0. The molecule has 1 N–H and O–H groups in total. The first kappa shape index (κ1) is 9.92. The molecule has 2 nitrogen and oxygen atoms in total. The second-order valence-corrected chi connectivity index (χ2v) is 4.83. The molecule has 0 aromatic heterocycles. The third-order valence-electron chi connectivity index (χ3n) is 3.25. The monoisotopic (exact) mass is 252 g/mol. The van der Waals surface area contributed by atoms with Gasteiger partial charge in [-0.15, -0.1) is 0 Å². The van der Waals surface area contributed by atoms with Crippen LogP contribution in [0, 0.1) is 0 Å². The molecule has 0 saturated heterocycles. The summed E-state index contributed by atoms with van der Waals surface area (Å²) in [5, 5.41) is 3.06. The molecule has 2 heterocycles. The molecule has 0 aliphatic carbocycles. The topological polar surface area (TPSA) is 28.7 Å². The fourth-order valence-electron chi connectivity index (χ4n) is 2.39. The van der Waals surface area contributed by atoms with Crippen LogP contribution >= 0.6 is 11.6 Å². The van der Waals surface area contributed by atoms with Crippen molar-refractivity contribution in [2.24, 2.45) is 0 Å². The predicted molar refractivity (Wildman–Crippen MR) is 75.2 cm³/mol. The Morgan fingerprint density at radius 1 is 1.00 bits per heavy atom. The summed E-state index contributed by atoms with van der Waals surface area (Å²) >= 11 is 6.01. The number of aromatic amines is 1. The van der Waals surface area contributed by atoms with Gasteiger partial charge in [-0.1, -0.05) is 35.9 Å². The molecule has 2 aliphatic rings. The van der Waals surface area contributed by atoms with Crippen LogP contribution in [0.2, 0.25) is 5.02 Å². The van der Waals surface area contributed by atoms with Crippen molar-refractivity contribution in [3.05, 3.63) is 53.6 Å². The smallest absolute Gasteiger partial charge is 0.139 e. The Morgan fingerprint density at radius 2 is 1.89 bits per heavy atom. The van der Waals surface area contributed by atoms with Gasteiger partial charge in [0.15, 0.2) is 0 Å². The Labute approximate surface area is 109 Å². The summed E-state index contributed by atoms with van der Waals surface area (Å²) in [6, 6.07) is 16.2. The van der Waals surface area contributed by atoms with E-state index in [0.29, 0.717) is 0 Å². The van der Waals surface area contributed by atoms with Gasteiger partial charge in [-0.25, -0.2) is 4.98 Å². The number of para-hydroxylation sites is 1. The van der Waals surface area contributed by atoms with Crippen LogP contribution in [-0.2, 0) is 0 Å². The fraction of sp³-hybridized carbons (Fsp3) is 0. The van der Waals surface area contributed by atoms with Crippen molar-refractivity contribution in [1.29, 1.82) is 0 Å². The Hall–Kier alpha value is -2.06. The first-order chi connectivity index (χ1) is 8.81. The van der Waals surface area contributed by atoms with Gasteiger partial charge in [0.25, 0.3) is 0 Å². The van der Waals surface area contributed by atoms with Gasteiger partial charge in [0, 0.05) is 21.5 Å². The van der Waals surface area contributed by atoms with E-state index in [1.54, 1.807) is 0 Å². The van der Waals surface area contributed by atoms with Crippen LogP contribution in [0.3, 0.4) is 0 Å². The second-order valence-electron chi connectivity index (χ2n) is 4.39. The number of nitrogens with one attached hydrogen (secondary N) is 1. The number of aromatic nitrogens is 2. The summed E-state index contributed by atoms with van der Waals surface area (Å²) in [7, 11) is 0. The number of hydrogen-bond acceptors (Lipinski definition) is 1. The molecule has 0 radical (unpaired) electrons. The Balaban J connectivity index is 2.20. The zero-order valence-electron chi connectivity index (χ0n) is 9.44. The van der Waals surface area contributed by atoms with Crippen molar-refractivity contribution in [1.82, 2.24) is 9.97 Å². The SMILES string of the molecule is Clc1ccc2cc3c4ccccc4nc-3[nH]c2c1. The minimum absolute atomic E-state index is 0.731. The molecule has 0 fully saturated rings. The highest BCUT2D eigenvalue weighted by Gasteiger charge is 2.12. The van der Waals surface area contributed by atoms with Crippen LogP contribution in [0.5, 0.6) is 0 Å². The van der Waals surface area contributed by atoms with Crippen LogP contribution in [0.15, 0.2) is 48.5 Å². The first-order valence-corrected chi connectivity index (χ1v) is 6.16. The molecule has 2 aliphatic heterocycles. The molecule has 0 unspecified atom stereocenters. The normalized spacial score (nSPS) is 11.6. The van der Waals surface area contributed by atoms with Crippen LogP contribution < -0.4 is 0 Å². The molecule has 0 bridgehead atoms. The van der Waals surface area contributed by atoms with Gasteiger partial charge in [-0.2, -0.15) is 0 Å². The lowest BCUT2D eigenvalue weighted by Crippen LogP contribution is -1.85. The first-order valence-electron chi connectivity index (χ1n) is 5.78. The van der Waals surface area contributed by atoms with E-state index in [4.69, 9.17) is 11.6 Å². The molecule has 3 heteroatoms. The minimum Gasteiger partial charge on any atom is -0.339 e. The molecular formula is C15H9ClN2. The molecule has 0 amide bonds. The van der Waals surface area contributed by atoms with Crippen molar-refractivity contribution in [3.63, 3.8) is 0 Å². The van der Waals surface area contributed by atoms with Gasteiger partial charge < -0.3 is 4.98 Å². The molecule has 18 heavy (non-hydrogen) atoms. The highest BCUT2D eigenvalue weighted by atomic mass is 35.5. The van der Waals surface area contributed by atoms with E-state index in [-0.39, 0.29) is 0 Å². The maximum Gasteiger partial charge on any atom is 0.139 e. The van der Waals surface area contributed by atoms with Crippen LogP contribution in [0.1, 0.15) is 0 Å². The molecule has 0 atom stereocenters. The number of halogens is 1. The quantitative estimate of drug-likeness (QED) is 0.491. The van der Waals surface area contributed by atoms with Crippen molar-refractivity contribution in [2.45, 2.75) is 0 Å². The molecule has 2 aromatic rings. The number of rotatable bonds is 0. The van der Waals surface area contributed by atoms with E-state index in [1.807, 2.05) is 36.4 Å². The molecule has 86 valence electrons. The van der Waals surface area contributed by atoms with Crippen LogP contribution in [0.4, 0.5) is 0 Å². The largest absolute Gasteiger partial charge is 0.339 e. The molecule has 0 spiro atoms. The zero-order chi connectivity index (χ0) is 12.1. The van der Waals surface area contributed by atoms with Gasteiger partial charge in [0.05, 0.1) is 5.52 Å². The molecule has 2 aromatic carbocycles. The number of H-pyrrole nitrogens is 1. The standard InChI is InChI=1S/C15H9ClN2/c16-10-6-5-9-7-12-11-3-1-2-4-13(11)17-15(12)18-14(9)8-10/h1-8H,(H,17,18). The summed E-state index contributed by atoms with van der Waals surface area (Å²) in [5.74, 6) is 0.908. The van der Waals surface area contributed by atoms with Crippen molar-refractivity contribution >= 4 is 33.4 Å². The van der Waals surface area contributed by atoms with Crippen molar-refractivity contribution in [3.8, 4) is 11.4 Å². The lowest BCUT2D eigenvalue weighted by atomic mass is 10.1. The maximum absolute atomic E-state index is 6.01. The van der Waals surface area contributed by atoms with E-state index in [9.17, 15) is 0 Å². The number of hydrogen-bond donors (Lipinski definition) is 1. The fourth-order valence-corrected chi connectivity index (χ4v) is 2.57. The highest BCUT2D eigenvalue weighted by molar-refractivity contribution is 6.31. The summed E-state index contributed by atoms with van der Waals surface area (Å²) in [6.45, 7) is 0. The van der Waals surface area contributed by atoms with Crippen molar-refractivity contribution in [2.75, 3.05) is 0 Å². The van der Waals surface area contributed by atoms with Gasteiger partial charge in [0.2, 0.25) is 0 Å². The number of benzene rings is 2. The lowest BCUT2D eigenvalue weighted by Gasteiger charge is -2.04. The summed E-state index contributed by atoms with van der Waals surface area (Å²) in [5.41, 5.74) is 3.18. The number of fused-ring (bicyclic) bond motifs is 4. The average Bonchev–Trinajstić information content (AvgIpc) is 2.73. The van der Waals surface area contributed by atoms with E-state index >= 15 is 0 Å². The third kappa shape index (κ3) is 1.33. The number of pyridine rings is 1. The zero-order valence-corrected chi connectivity index (χ0v) is 10.2. The highest BCUT2D eigenvalue weighted by Crippen LogP contribution is 2.32. The van der Waals surface area contributed by atoms with Gasteiger partial charge in [-0.05, 0) is 29.7 Å². The van der Waals surface area contributed by atoms with Gasteiger partial charge in [-0.3, -0.25) is 0 Å². The lowest BCUT2D eigenvalue weighted by molar-refractivity contribution is 1.30. The second kappa shape index (κ2) is 3.47. The summed E-state index contributed by atoms with van der Waals surface area (Å²) in [6.07, 6.45) is 0. The van der Waals surface area contributed by atoms with Gasteiger partial charge in [0.1, 0.15) is 5.82 Å². The minimum atomic E-state index is 0.731. The Morgan fingerprint density at radius 3 is 2.83 bits per heavy atom. The Bertz CT molecular complexity index is 848. The molecular weight excluding hydrogens is 244 g/mol. The van der Waals surface area contributed by atoms with E-state index < -0.39 is 0 Å².